The summed E-state index contributed by atoms with van der Waals surface area (Å²) < 4.78 is 24.3. The van der Waals surface area contributed by atoms with Gasteiger partial charge in [-0.25, -0.2) is 4.57 Å². The number of hydrogen-bond acceptors (Lipinski definition) is 5. The molecule has 74 valence electrons. The second kappa shape index (κ2) is 5.64. The lowest BCUT2D eigenvalue weighted by atomic mass is 10.4. The molecule has 0 aliphatic heterocycles. The van der Waals surface area contributed by atoms with Crippen molar-refractivity contribution in [2.75, 3.05) is 27.4 Å². The molecule has 0 aliphatic rings. The molecular formula is C5H14NO5P. The Morgan fingerprint density at radius 1 is 1.58 bits per heavy atom. The first-order valence-electron chi connectivity index (χ1n) is 3.31. The summed E-state index contributed by atoms with van der Waals surface area (Å²) in [4.78, 5) is 8.85. The van der Waals surface area contributed by atoms with E-state index in [1.54, 1.807) is 0 Å². The van der Waals surface area contributed by atoms with Crippen LogP contribution in [0, 0.1) is 0 Å². The molecule has 7 heteroatoms. The Bertz CT molecular complexity index is 164. The molecule has 2 atom stereocenters. The first-order chi connectivity index (χ1) is 5.55. The fourth-order valence-corrected chi connectivity index (χ4v) is 1.17. The van der Waals surface area contributed by atoms with E-state index in [0.717, 1.165) is 7.11 Å². The van der Waals surface area contributed by atoms with E-state index < -0.39 is 13.9 Å². The minimum atomic E-state index is -3.94. The zero-order valence-electron chi connectivity index (χ0n) is 7.10. The quantitative estimate of drug-likeness (QED) is 0.572. The number of hydrogen-bond donors (Lipinski definition) is 2. The van der Waals surface area contributed by atoms with Gasteiger partial charge in [0.25, 0.3) is 0 Å². The van der Waals surface area contributed by atoms with Crippen molar-refractivity contribution in [3.8, 4) is 0 Å². The van der Waals surface area contributed by atoms with E-state index in [1.165, 1.54) is 7.11 Å². The lowest BCUT2D eigenvalue weighted by molar-refractivity contribution is 0.0562. The normalized spacial score (nSPS) is 18.7. The van der Waals surface area contributed by atoms with Gasteiger partial charge in [0.2, 0.25) is 0 Å². The SMILES string of the molecule is COCC(CN)OP(=O)(O)OC. The Hall–Kier alpha value is 0.0300. The first-order valence-corrected chi connectivity index (χ1v) is 4.81. The third-order valence-corrected chi connectivity index (χ3v) is 2.15. The maximum atomic E-state index is 10.8. The highest BCUT2D eigenvalue weighted by Crippen LogP contribution is 2.43. The minimum absolute atomic E-state index is 0.0990. The summed E-state index contributed by atoms with van der Waals surface area (Å²) in [6.07, 6.45) is -0.620. The number of ether oxygens (including phenoxy) is 1. The van der Waals surface area contributed by atoms with E-state index in [-0.39, 0.29) is 13.2 Å². The Kier molecular flexibility index (Phi) is 5.65. The summed E-state index contributed by atoms with van der Waals surface area (Å²) in [7, 11) is -1.41. The average Bonchev–Trinajstić information content (AvgIpc) is 2.03. The van der Waals surface area contributed by atoms with Crippen molar-refractivity contribution in [3.05, 3.63) is 0 Å². The number of methoxy groups -OCH3 is 1. The molecule has 0 radical (unpaired) electrons. The Morgan fingerprint density at radius 2 is 2.17 bits per heavy atom. The van der Waals surface area contributed by atoms with Gasteiger partial charge in [0.1, 0.15) is 6.10 Å². The lowest BCUT2D eigenvalue weighted by Crippen LogP contribution is -2.27. The molecule has 0 aromatic heterocycles. The van der Waals surface area contributed by atoms with Crippen molar-refractivity contribution >= 4 is 7.82 Å². The monoisotopic (exact) mass is 199 g/mol. The Morgan fingerprint density at radius 3 is 2.50 bits per heavy atom. The molecule has 2 unspecified atom stereocenters. The molecule has 0 spiro atoms. The Labute approximate surface area is 71.2 Å². The summed E-state index contributed by atoms with van der Waals surface area (Å²) in [5, 5.41) is 0. The van der Waals surface area contributed by atoms with E-state index >= 15 is 0 Å². The van der Waals surface area contributed by atoms with Crippen molar-refractivity contribution in [1.29, 1.82) is 0 Å². The van der Waals surface area contributed by atoms with E-state index in [9.17, 15) is 4.57 Å². The van der Waals surface area contributed by atoms with Gasteiger partial charge in [-0.1, -0.05) is 0 Å². The van der Waals surface area contributed by atoms with Gasteiger partial charge in [0, 0.05) is 20.8 Å². The second-order valence-electron chi connectivity index (χ2n) is 2.07. The molecule has 3 N–H and O–H groups in total. The fraction of sp³-hybridized carbons (Fsp3) is 1.00. The molecule has 0 rings (SSSR count). The zero-order chi connectivity index (χ0) is 9.61. The van der Waals surface area contributed by atoms with Crippen molar-refractivity contribution < 1.29 is 23.2 Å². The van der Waals surface area contributed by atoms with Gasteiger partial charge in [0.15, 0.2) is 0 Å². The first kappa shape index (κ1) is 12.0. The zero-order valence-corrected chi connectivity index (χ0v) is 7.99. The molecule has 0 bridgehead atoms. The summed E-state index contributed by atoms with van der Waals surface area (Å²) in [5.41, 5.74) is 5.23. The highest BCUT2D eigenvalue weighted by Gasteiger charge is 2.23. The number of phosphoric ester groups is 1. The molecule has 0 saturated carbocycles. The van der Waals surface area contributed by atoms with Crippen molar-refractivity contribution in [2.45, 2.75) is 6.10 Å². The van der Waals surface area contributed by atoms with E-state index in [0.29, 0.717) is 0 Å². The van der Waals surface area contributed by atoms with Gasteiger partial charge in [-0.05, 0) is 0 Å². The minimum Gasteiger partial charge on any atom is -0.382 e. The van der Waals surface area contributed by atoms with Crippen LogP contribution in [0.3, 0.4) is 0 Å². The number of rotatable bonds is 6. The van der Waals surface area contributed by atoms with Crippen molar-refractivity contribution in [2.24, 2.45) is 5.73 Å². The molecule has 0 saturated heterocycles. The molecule has 0 aromatic rings. The topological polar surface area (TPSA) is 91.0 Å². The van der Waals surface area contributed by atoms with Crippen LogP contribution >= 0.6 is 7.82 Å². The molecule has 6 nitrogen and oxygen atoms in total. The van der Waals surface area contributed by atoms with Crippen molar-refractivity contribution in [1.82, 2.24) is 0 Å². The standard InChI is InChI=1S/C5H14NO5P/c1-9-4-5(3-6)11-12(7,8)10-2/h5H,3-4,6H2,1-2H3,(H,7,8). The largest absolute Gasteiger partial charge is 0.472 e. The molecule has 0 heterocycles. The van der Waals surface area contributed by atoms with Crippen LogP contribution in [0.5, 0.6) is 0 Å². The maximum absolute atomic E-state index is 10.8. The molecule has 0 aromatic carbocycles. The van der Waals surface area contributed by atoms with Crippen LogP contribution in [-0.4, -0.2) is 38.4 Å². The smallest absolute Gasteiger partial charge is 0.382 e. The van der Waals surface area contributed by atoms with Gasteiger partial charge in [-0.3, -0.25) is 9.05 Å². The van der Waals surface area contributed by atoms with E-state index in [4.69, 9.17) is 15.4 Å². The van der Waals surface area contributed by atoms with Crippen LogP contribution in [0.25, 0.3) is 0 Å². The van der Waals surface area contributed by atoms with E-state index in [1.807, 2.05) is 0 Å². The maximum Gasteiger partial charge on any atom is 0.472 e. The van der Waals surface area contributed by atoms with Gasteiger partial charge in [0.05, 0.1) is 6.61 Å². The van der Waals surface area contributed by atoms with Gasteiger partial charge in [-0.15, -0.1) is 0 Å². The third kappa shape index (κ3) is 4.82. The van der Waals surface area contributed by atoms with Crippen LogP contribution in [0.15, 0.2) is 0 Å². The van der Waals surface area contributed by atoms with Gasteiger partial charge >= 0.3 is 7.82 Å². The van der Waals surface area contributed by atoms with Crippen LogP contribution in [0.1, 0.15) is 0 Å². The average molecular weight is 199 g/mol. The van der Waals surface area contributed by atoms with Crippen LogP contribution in [0.2, 0.25) is 0 Å². The van der Waals surface area contributed by atoms with Crippen LogP contribution in [0.4, 0.5) is 0 Å². The summed E-state index contributed by atoms with van der Waals surface area (Å²) in [6, 6.07) is 0. The fourth-order valence-electron chi connectivity index (χ4n) is 0.559. The van der Waals surface area contributed by atoms with Crippen LogP contribution in [-0.2, 0) is 18.3 Å². The van der Waals surface area contributed by atoms with Crippen molar-refractivity contribution in [3.63, 3.8) is 0 Å². The molecule has 0 aliphatic carbocycles. The van der Waals surface area contributed by atoms with Gasteiger partial charge in [-0.2, -0.15) is 0 Å². The van der Waals surface area contributed by atoms with Gasteiger partial charge < -0.3 is 15.4 Å². The molecule has 12 heavy (non-hydrogen) atoms. The predicted octanol–water partition coefficient (Wildman–Crippen LogP) is -0.277. The van der Waals surface area contributed by atoms with Crippen LogP contribution < -0.4 is 5.73 Å². The van der Waals surface area contributed by atoms with E-state index in [2.05, 4.69) is 9.05 Å². The highest BCUT2D eigenvalue weighted by molar-refractivity contribution is 7.47. The molecule has 0 fully saturated rings. The summed E-state index contributed by atoms with van der Waals surface area (Å²) in [6.45, 7) is 0.256. The number of nitrogens with two attached hydrogens (primary N) is 1. The summed E-state index contributed by atoms with van der Waals surface area (Å²) in [5.74, 6) is 0. The third-order valence-electron chi connectivity index (χ3n) is 1.13. The lowest BCUT2D eigenvalue weighted by Gasteiger charge is -2.16. The molecule has 0 amide bonds. The Balaban J connectivity index is 3.92. The highest BCUT2D eigenvalue weighted by atomic mass is 31.2. The second-order valence-corrected chi connectivity index (χ2v) is 3.58. The number of phosphoric acid groups is 1. The predicted molar refractivity (Wildman–Crippen MR) is 42.6 cm³/mol. The molecular weight excluding hydrogens is 185 g/mol. The summed E-state index contributed by atoms with van der Waals surface area (Å²) >= 11 is 0.